The Morgan fingerprint density at radius 3 is 2.41 bits per heavy atom. The van der Waals surface area contributed by atoms with Crippen LogP contribution in [0.3, 0.4) is 0 Å². The van der Waals surface area contributed by atoms with E-state index in [-0.39, 0.29) is 5.82 Å². The molecule has 0 aliphatic carbocycles. The van der Waals surface area contributed by atoms with Crippen molar-refractivity contribution in [3.8, 4) is 23.1 Å². The zero-order valence-electron chi connectivity index (χ0n) is 21.3. The molecule has 0 amide bonds. The first-order valence-electron chi connectivity index (χ1n) is 12.6. The molecular formula is C31H31FN4S. The second kappa shape index (κ2) is 11.7. The van der Waals surface area contributed by atoms with Crippen molar-refractivity contribution in [1.29, 1.82) is 0 Å². The number of hydrogen-bond donors (Lipinski definition) is 1. The van der Waals surface area contributed by atoms with Crippen LogP contribution in [-0.4, -0.2) is 48.0 Å². The van der Waals surface area contributed by atoms with E-state index in [4.69, 9.17) is 4.98 Å². The van der Waals surface area contributed by atoms with Gasteiger partial charge in [-0.05, 0) is 61.0 Å². The van der Waals surface area contributed by atoms with Gasteiger partial charge in [-0.25, -0.2) is 9.37 Å². The van der Waals surface area contributed by atoms with Gasteiger partial charge in [0.25, 0.3) is 0 Å². The van der Waals surface area contributed by atoms with Crippen LogP contribution >= 0.6 is 11.3 Å². The lowest BCUT2D eigenvalue weighted by Crippen LogP contribution is -2.43. The fraction of sp³-hybridized carbons (Fsp3) is 0.258. The number of hydrogen-bond acceptors (Lipinski definition) is 5. The molecule has 0 unspecified atom stereocenters. The zero-order valence-corrected chi connectivity index (χ0v) is 22.1. The highest BCUT2D eigenvalue weighted by atomic mass is 32.1. The molecule has 1 aliphatic rings. The Balaban J connectivity index is 1.19. The predicted octanol–water partition coefficient (Wildman–Crippen LogP) is 6.02. The van der Waals surface area contributed by atoms with Gasteiger partial charge >= 0.3 is 0 Å². The number of rotatable bonds is 6. The van der Waals surface area contributed by atoms with Crippen molar-refractivity contribution in [2.45, 2.75) is 20.0 Å². The largest absolute Gasteiger partial charge is 0.357 e. The molecule has 0 atom stereocenters. The lowest BCUT2D eigenvalue weighted by atomic mass is 10.0. The van der Waals surface area contributed by atoms with E-state index in [0.717, 1.165) is 72.3 Å². The number of nitrogens with one attached hydrogen (secondary N) is 1. The molecule has 1 N–H and O–H groups in total. The molecule has 6 heteroatoms. The van der Waals surface area contributed by atoms with Crippen molar-refractivity contribution in [3.05, 3.63) is 106 Å². The summed E-state index contributed by atoms with van der Waals surface area (Å²) in [5, 5.41) is 6.44. The molecule has 2 heterocycles. The highest BCUT2D eigenvalue weighted by Crippen LogP contribution is 2.27. The third kappa shape index (κ3) is 6.84. The maximum Gasteiger partial charge on any atom is 0.183 e. The summed E-state index contributed by atoms with van der Waals surface area (Å²) in [4.78, 5) is 9.71. The average molecular weight is 511 g/mol. The van der Waals surface area contributed by atoms with E-state index in [1.54, 1.807) is 23.5 Å². The number of piperazine rings is 1. The van der Waals surface area contributed by atoms with Gasteiger partial charge in [-0.15, -0.1) is 11.3 Å². The van der Waals surface area contributed by atoms with Crippen LogP contribution < -0.4 is 5.32 Å². The standard InChI is InChI=1S/C31H31FN4S/c1-23-3-11-28(19-27(23)12-8-24-9-13-29(32)14-10-24)30-22-37-31(34-30)33-20-25-4-6-26(7-5-25)21-36-17-15-35(2)16-18-36/h3-7,9-11,13-14,19,22H,15-18,20-21H2,1-2H3,(H,33,34). The highest BCUT2D eigenvalue weighted by Gasteiger charge is 2.13. The minimum absolute atomic E-state index is 0.255. The molecule has 0 radical (unpaired) electrons. The van der Waals surface area contributed by atoms with E-state index in [1.807, 2.05) is 6.92 Å². The fourth-order valence-electron chi connectivity index (χ4n) is 4.28. The zero-order chi connectivity index (χ0) is 25.6. The van der Waals surface area contributed by atoms with Crippen LogP contribution in [0.2, 0.25) is 0 Å². The average Bonchev–Trinajstić information content (AvgIpc) is 3.39. The highest BCUT2D eigenvalue weighted by molar-refractivity contribution is 7.14. The number of benzene rings is 3. The lowest BCUT2D eigenvalue weighted by molar-refractivity contribution is 0.148. The minimum Gasteiger partial charge on any atom is -0.357 e. The molecule has 5 rings (SSSR count). The second-order valence-corrected chi connectivity index (χ2v) is 10.4. The van der Waals surface area contributed by atoms with Gasteiger partial charge in [0.05, 0.1) is 5.69 Å². The van der Waals surface area contributed by atoms with E-state index in [1.165, 1.54) is 23.3 Å². The van der Waals surface area contributed by atoms with Crippen LogP contribution in [0.4, 0.5) is 9.52 Å². The molecule has 4 aromatic rings. The number of nitrogens with zero attached hydrogens (tertiary/aromatic N) is 3. The number of aromatic nitrogens is 1. The maximum absolute atomic E-state index is 13.2. The van der Waals surface area contributed by atoms with Gasteiger partial charge in [-0.3, -0.25) is 4.90 Å². The molecule has 0 spiro atoms. The monoisotopic (exact) mass is 510 g/mol. The molecule has 1 fully saturated rings. The van der Waals surface area contributed by atoms with Crippen LogP contribution in [0.5, 0.6) is 0 Å². The number of aryl methyl sites for hydroxylation is 1. The van der Waals surface area contributed by atoms with Crippen LogP contribution in [0.15, 0.2) is 72.1 Å². The normalized spacial score (nSPS) is 14.2. The van der Waals surface area contributed by atoms with E-state index >= 15 is 0 Å². The Hall–Kier alpha value is -3.50. The molecule has 3 aromatic carbocycles. The first kappa shape index (κ1) is 25.2. The van der Waals surface area contributed by atoms with Crippen molar-refractivity contribution in [2.75, 3.05) is 38.5 Å². The molecule has 1 saturated heterocycles. The maximum atomic E-state index is 13.2. The van der Waals surface area contributed by atoms with Gasteiger partial charge in [0, 0.05) is 61.3 Å². The molecule has 4 nitrogen and oxygen atoms in total. The number of halogens is 1. The summed E-state index contributed by atoms with van der Waals surface area (Å²) in [7, 11) is 2.19. The van der Waals surface area contributed by atoms with E-state index < -0.39 is 0 Å². The summed E-state index contributed by atoms with van der Waals surface area (Å²) in [5.41, 5.74) is 7.41. The van der Waals surface area contributed by atoms with Crippen molar-refractivity contribution < 1.29 is 4.39 Å². The number of anilines is 1. The van der Waals surface area contributed by atoms with Crippen LogP contribution in [0, 0.1) is 24.6 Å². The topological polar surface area (TPSA) is 31.4 Å². The molecular weight excluding hydrogens is 479 g/mol. The summed E-state index contributed by atoms with van der Waals surface area (Å²) in [6.07, 6.45) is 0. The van der Waals surface area contributed by atoms with Gasteiger partial charge in [0.15, 0.2) is 5.13 Å². The van der Waals surface area contributed by atoms with E-state index in [9.17, 15) is 4.39 Å². The molecule has 0 bridgehead atoms. The Morgan fingerprint density at radius 1 is 0.919 bits per heavy atom. The predicted molar refractivity (Wildman–Crippen MR) is 151 cm³/mol. The second-order valence-electron chi connectivity index (χ2n) is 9.57. The SMILES string of the molecule is Cc1ccc(-c2csc(NCc3ccc(CN4CCN(C)CC4)cc3)n2)cc1C#Cc1ccc(F)cc1. The molecule has 1 aromatic heterocycles. The van der Waals surface area contributed by atoms with Gasteiger partial charge < -0.3 is 10.2 Å². The summed E-state index contributed by atoms with van der Waals surface area (Å²) < 4.78 is 13.2. The summed E-state index contributed by atoms with van der Waals surface area (Å²) >= 11 is 1.61. The minimum atomic E-state index is -0.255. The molecule has 0 saturated carbocycles. The molecule has 1 aliphatic heterocycles. The third-order valence-electron chi connectivity index (χ3n) is 6.69. The molecule has 188 valence electrons. The van der Waals surface area contributed by atoms with Crippen LogP contribution in [0.25, 0.3) is 11.3 Å². The molecule has 37 heavy (non-hydrogen) atoms. The lowest BCUT2D eigenvalue weighted by Gasteiger charge is -2.32. The summed E-state index contributed by atoms with van der Waals surface area (Å²) in [6.45, 7) is 8.36. The summed E-state index contributed by atoms with van der Waals surface area (Å²) in [6, 6.07) is 21.4. The smallest absolute Gasteiger partial charge is 0.183 e. The van der Waals surface area contributed by atoms with E-state index in [0.29, 0.717) is 0 Å². The van der Waals surface area contributed by atoms with Crippen molar-refractivity contribution >= 4 is 16.5 Å². The van der Waals surface area contributed by atoms with Crippen LogP contribution in [0.1, 0.15) is 27.8 Å². The first-order valence-corrected chi connectivity index (χ1v) is 13.5. The number of likely N-dealkylation sites (N-methyl/N-ethyl adjacent to an activating group) is 1. The fourth-order valence-corrected chi connectivity index (χ4v) is 5.00. The number of thiazole rings is 1. The Morgan fingerprint density at radius 2 is 1.65 bits per heavy atom. The Labute approximate surface area is 222 Å². The first-order chi connectivity index (χ1) is 18.0. The van der Waals surface area contributed by atoms with Gasteiger partial charge in [-0.1, -0.05) is 48.2 Å². The van der Waals surface area contributed by atoms with Gasteiger partial charge in [0.2, 0.25) is 0 Å². The third-order valence-corrected chi connectivity index (χ3v) is 7.49. The quantitative estimate of drug-likeness (QED) is 0.322. The van der Waals surface area contributed by atoms with Crippen molar-refractivity contribution in [2.24, 2.45) is 0 Å². The van der Waals surface area contributed by atoms with E-state index in [2.05, 4.69) is 81.8 Å². The van der Waals surface area contributed by atoms with Gasteiger partial charge in [-0.2, -0.15) is 0 Å². The van der Waals surface area contributed by atoms with Crippen molar-refractivity contribution in [1.82, 2.24) is 14.8 Å². The Bertz CT molecular complexity index is 1390. The van der Waals surface area contributed by atoms with Gasteiger partial charge in [0.1, 0.15) is 5.82 Å². The Kier molecular flexibility index (Phi) is 7.96. The summed E-state index contributed by atoms with van der Waals surface area (Å²) in [5.74, 6) is 6.10. The van der Waals surface area contributed by atoms with Crippen LogP contribution in [-0.2, 0) is 13.1 Å². The van der Waals surface area contributed by atoms with Crippen molar-refractivity contribution in [3.63, 3.8) is 0 Å².